The minimum absolute atomic E-state index is 0.138. The molecule has 0 atom stereocenters. The number of pyridine rings is 1. The summed E-state index contributed by atoms with van der Waals surface area (Å²) in [6.45, 7) is 0. The van der Waals surface area contributed by atoms with E-state index in [1.165, 1.54) is 11.1 Å². The molecule has 0 aliphatic rings. The predicted molar refractivity (Wildman–Crippen MR) is 113 cm³/mol. The summed E-state index contributed by atoms with van der Waals surface area (Å²) < 4.78 is 5.72. The number of benzene rings is 2. The summed E-state index contributed by atoms with van der Waals surface area (Å²) >= 11 is 1.72. The summed E-state index contributed by atoms with van der Waals surface area (Å²) in [5.41, 5.74) is 2.35. The lowest BCUT2D eigenvalue weighted by atomic mass is 10.2. The molecule has 2 aromatic carbocycles. The first-order valence-corrected chi connectivity index (χ1v) is 9.86. The number of ether oxygens (including phenoxy) is 1. The number of anilines is 2. The Morgan fingerprint density at radius 3 is 2.36 bits per heavy atom. The monoisotopic (exact) mass is 390 g/mol. The average Bonchev–Trinajstić information content (AvgIpc) is 2.74. The zero-order valence-electron chi connectivity index (χ0n) is 15.4. The Hall–Kier alpha value is -3.32. The van der Waals surface area contributed by atoms with Crippen LogP contribution in [0, 0.1) is 0 Å². The third-order valence-corrected chi connectivity index (χ3v) is 5.13. The van der Waals surface area contributed by atoms with Crippen LogP contribution in [0.3, 0.4) is 0 Å². The van der Waals surface area contributed by atoms with Crippen LogP contribution < -0.4 is 15.2 Å². The molecule has 0 radical (unpaired) electrons. The number of nitrogens with zero attached hydrogens (tertiary/aromatic N) is 3. The Morgan fingerprint density at radius 2 is 1.68 bits per heavy atom. The maximum Gasteiger partial charge on any atom is 0.302 e. The second kappa shape index (κ2) is 7.74. The van der Waals surface area contributed by atoms with E-state index in [4.69, 9.17) is 4.74 Å². The molecule has 2 heterocycles. The fourth-order valence-corrected chi connectivity index (χ4v) is 3.23. The zero-order chi connectivity index (χ0) is 19.5. The van der Waals surface area contributed by atoms with Crippen molar-refractivity contribution in [2.45, 2.75) is 4.90 Å². The molecule has 4 rings (SSSR count). The molecule has 4 aromatic rings. The molecule has 0 spiro atoms. The number of hydrogen-bond acceptors (Lipinski definition) is 6. The predicted octanol–water partition coefficient (Wildman–Crippen LogP) is 4.60. The fourth-order valence-electron chi connectivity index (χ4n) is 2.82. The van der Waals surface area contributed by atoms with Crippen molar-refractivity contribution in [3.05, 3.63) is 77.3 Å². The Balaban J connectivity index is 1.54. The summed E-state index contributed by atoms with van der Waals surface area (Å²) in [5, 5.41) is 0.479. The van der Waals surface area contributed by atoms with Gasteiger partial charge in [0, 0.05) is 29.5 Å². The molecule has 0 amide bonds. The van der Waals surface area contributed by atoms with Crippen LogP contribution in [0.5, 0.6) is 11.8 Å². The number of nitrogens with one attached hydrogen (secondary N) is 1. The van der Waals surface area contributed by atoms with Gasteiger partial charge in [-0.25, -0.2) is 0 Å². The third kappa shape index (κ3) is 3.70. The molecule has 0 aliphatic carbocycles. The van der Waals surface area contributed by atoms with Crippen LogP contribution in [-0.4, -0.2) is 28.3 Å². The van der Waals surface area contributed by atoms with Gasteiger partial charge in [0.15, 0.2) is 0 Å². The summed E-state index contributed by atoms with van der Waals surface area (Å²) in [5.74, 6) is 0.585. The molecule has 7 heteroatoms. The van der Waals surface area contributed by atoms with E-state index >= 15 is 0 Å². The molecule has 0 saturated heterocycles. The largest absolute Gasteiger partial charge is 0.426 e. The van der Waals surface area contributed by atoms with E-state index in [0.29, 0.717) is 16.7 Å². The fraction of sp³-hybridized carbons (Fsp3) is 0.0952. The molecule has 6 nitrogen and oxygen atoms in total. The van der Waals surface area contributed by atoms with Crippen molar-refractivity contribution in [3.63, 3.8) is 0 Å². The number of fused-ring (bicyclic) bond motifs is 1. The Bertz CT molecular complexity index is 1160. The molecule has 28 heavy (non-hydrogen) atoms. The normalized spacial score (nSPS) is 10.8. The number of aromatic amines is 1. The van der Waals surface area contributed by atoms with E-state index in [0.717, 1.165) is 11.4 Å². The number of aromatic nitrogens is 3. The Morgan fingerprint density at radius 1 is 1.00 bits per heavy atom. The summed E-state index contributed by atoms with van der Waals surface area (Å²) in [6, 6.07) is 17.7. The standard InChI is InChI=1S/C21H18N4O2S/c1-25(15-5-9-17(28-2)10-6-15)14-3-7-16(8-4-14)27-21-23-19-13-22-12-11-18(19)20(26)24-21/h3-13H,1-2H3,(H,23,24,26). The first-order valence-electron chi connectivity index (χ1n) is 8.64. The van der Waals surface area contributed by atoms with Crippen LogP contribution in [0.2, 0.25) is 0 Å². The number of H-pyrrole nitrogens is 1. The SMILES string of the molecule is CSc1ccc(N(C)c2ccc(Oc3nc4cnccc4c(=O)[nH]3)cc2)cc1. The van der Waals surface area contributed by atoms with Crippen molar-refractivity contribution in [2.75, 3.05) is 18.2 Å². The number of thioether (sulfide) groups is 1. The molecular formula is C21H18N4O2S. The lowest BCUT2D eigenvalue weighted by Gasteiger charge is -2.20. The molecular weight excluding hydrogens is 372 g/mol. The molecule has 2 aromatic heterocycles. The van der Waals surface area contributed by atoms with Crippen molar-refractivity contribution in [3.8, 4) is 11.8 Å². The number of hydrogen-bond donors (Lipinski definition) is 1. The van der Waals surface area contributed by atoms with Gasteiger partial charge in [0.2, 0.25) is 0 Å². The summed E-state index contributed by atoms with van der Waals surface area (Å²) in [7, 11) is 2.01. The highest BCUT2D eigenvalue weighted by Crippen LogP contribution is 2.28. The van der Waals surface area contributed by atoms with Gasteiger partial charge in [-0.2, -0.15) is 4.98 Å². The van der Waals surface area contributed by atoms with E-state index < -0.39 is 0 Å². The second-order valence-corrected chi connectivity index (χ2v) is 7.00. The Kier molecular flexibility index (Phi) is 4.99. The maximum atomic E-state index is 12.1. The second-order valence-electron chi connectivity index (χ2n) is 6.12. The molecule has 0 aliphatic heterocycles. The van der Waals surface area contributed by atoms with Gasteiger partial charge in [-0.1, -0.05) is 0 Å². The molecule has 1 N–H and O–H groups in total. The van der Waals surface area contributed by atoms with Crippen LogP contribution in [0.1, 0.15) is 0 Å². The quantitative estimate of drug-likeness (QED) is 0.502. The van der Waals surface area contributed by atoms with Crippen LogP contribution >= 0.6 is 11.8 Å². The highest BCUT2D eigenvalue weighted by atomic mass is 32.2. The highest BCUT2D eigenvalue weighted by molar-refractivity contribution is 7.98. The molecule has 140 valence electrons. The molecule has 0 saturated carbocycles. The third-order valence-electron chi connectivity index (χ3n) is 4.39. The van der Waals surface area contributed by atoms with Crippen molar-refractivity contribution in [2.24, 2.45) is 0 Å². The van der Waals surface area contributed by atoms with Gasteiger partial charge in [0.1, 0.15) is 5.75 Å². The van der Waals surface area contributed by atoms with E-state index in [2.05, 4.69) is 50.4 Å². The summed E-state index contributed by atoms with van der Waals surface area (Å²) in [6.07, 6.45) is 5.16. The maximum absolute atomic E-state index is 12.1. The van der Waals surface area contributed by atoms with Crippen LogP contribution in [0.25, 0.3) is 10.9 Å². The van der Waals surface area contributed by atoms with Gasteiger partial charge in [0.25, 0.3) is 5.56 Å². The van der Waals surface area contributed by atoms with Crippen LogP contribution in [0.4, 0.5) is 11.4 Å². The van der Waals surface area contributed by atoms with Crippen molar-refractivity contribution in [1.29, 1.82) is 0 Å². The smallest absolute Gasteiger partial charge is 0.302 e. The van der Waals surface area contributed by atoms with Gasteiger partial charge in [-0.05, 0) is 60.9 Å². The minimum atomic E-state index is -0.257. The van der Waals surface area contributed by atoms with Crippen molar-refractivity contribution >= 4 is 34.0 Å². The van der Waals surface area contributed by atoms with Gasteiger partial charge >= 0.3 is 6.01 Å². The van der Waals surface area contributed by atoms with Gasteiger partial charge in [0.05, 0.1) is 17.1 Å². The lowest BCUT2D eigenvalue weighted by Crippen LogP contribution is -2.10. The Labute approximate surface area is 166 Å². The molecule has 0 bridgehead atoms. The first-order chi connectivity index (χ1) is 13.6. The van der Waals surface area contributed by atoms with E-state index in [-0.39, 0.29) is 11.6 Å². The van der Waals surface area contributed by atoms with Crippen molar-refractivity contribution < 1.29 is 4.74 Å². The van der Waals surface area contributed by atoms with Gasteiger partial charge in [-0.15, -0.1) is 11.8 Å². The zero-order valence-corrected chi connectivity index (χ0v) is 16.2. The van der Waals surface area contributed by atoms with Gasteiger partial charge < -0.3 is 9.64 Å². The summed E-state index contributed by atoms with van der Waals surface area (Å²) in [4.78, 5) is 26.4. The lowest BCUT2D eigenvalue weighted by molar-refractivity contribution is 0.443. The van der Waals surface area contributed by atoms with Crippen LogP contribution in [0.15, 0.2) is 76.7 Å². The minimum Gasteiger partial charge on any atom is -0.426 e. The first kappa shape index (κ1) is 18.1. The molecule has 0 unspecified atom stereocenters. The topological polar surface area (TPSA) is 71.1 Å². The highest BCUT2D eigenvalue weighted by Gasteiger charge is 2.08. The number of rotatable bonds is 5. The van der Waals surface area contributed by atoms with Crippen LogP contribution in [-0.2, 0) is 0 Å². The van der Waals surface area contributed by atoms with E-state index in [1.54, 1.807) is 24.0 Å². The van der Waals surface area contributed by atoms with E-state index in [1.807, 2.05) is 31.3 Å². The van der Waals surface area contributed by atoms with Gasteiger partial charge in [-0.3, -0.25) is 14.8 Å². The average molecular weight is 390 g/mol. The van der Waals surface area contributed by atoms with Crippen molar-refractivity contribution in [1.82, 2.24) is 15.0 Å². The van der Waals surface area contributed by atoms with E-state index in [9.17, 15) is 4.79 Å². The molecule has 0 fully saturated rings.